The van der Waals surface area contributed by atoms with Gasteiger partial charge in [-0.15, -0.1) is 11.7 Å². The van der Waals surface area contributed by atoms with E-state index in [9.17, 15) is 0 Å². The van der Waals surface area contributed by atoms with E-state index in [-0.39, 0.29) is 22.4 Å². The first-order chi connectivity index (χ1) is 3.91. The molecule has 7 nitrogen and oxygen atoms in total. The van der Waals surface area contributed by atoms with E-state index >= 15 is 0 Å². The molecule has 9 heavy (non-hydrogen) atoms. The van der Waals surface area contributed by atoms with Gasteiger partial charge in [0.1, 0.15) is 0 Å². The second-order valence-corrected chi connectivity index (χ2v) is 0.600. The van der Waals surface area contributed by atoms with Crippen molar-refractivity contribution in [3.8, 4) is 0 Å². The quantitative estimate of drug-likeness (QED) is 0.270. The molecule has 0 saturated heterocycles. The van der Waals surface area contributed by atoms with Crippen LogP contribution in [0.1, 0.15) is 0 Å². The standard InChI is InChI=1S/CHN4.Au.HNO2/c1-2-4-5-3-1;;2-1-3/h1H;;(H,2,3)/q-1;+1;/p-1. The summed E-state index contributed by atoms with van der Waals surface area (Å²) in [5, 5.41) is 21.7. The van der Waals surface area contributed by atoms with Crippen LogP contribution in [0.4, 0.5) is 0 Å². The van der Waals surface area contributed by atoms with Crippen LogP contribution >= 0.6 is 0 Å². The molecule has 1 rings (SSSR count). The van der Waals surface area contributed by atoms with Gasteiger partial charge in [0.15, 0.2) is 0 Å². The Kier molecular flexibility index (Phi) is 12.6. The Morgan fingerprint density at radius 3 is 1.78 bits per heavy atom. The molecule has 8 heteroatoms. The molecule has 0 unspecified atom stereocenters. The van der Waals surface area contributed by atoms with Gasteiger partial charge < -0.3 is 20.3 Å². The van der Waals surface area contributed by atoms with Gasteiger partial charge in [-0.25, -0.2) is 0 Å². The van der Waals surface area contributed by atoms with E-state index in [4.69, 9.17) is 10.1 Å². The van der Waals surface area contributed by atoms with E-state index in [0.29, 0.717) is 0 Å². The van der Waals surface area contributed by atoms with Crippen LogP contribution in [0.5, 0.6) is 0 Å². The Morgan fingerprint density at radius 1 is 1.33 bits per heavy atom. The van der Waals surface area contributed by atoms with Crippen LogP contribution < -0.4 is 0 Å². The Hall–Kier alpha value is -0.790. The maximum atomic E-state index is 8.00. The summed E-state index contributed by atoms with van der Waals surface area (Å²) in [5.74, 6) is 0. The van der Waals surface area contributed by atoms with E-state index in [1.165, 1.54) is 6.33 Å². The molecule has 0 aliphatic heterocycles. The molecule has 0 N–H and O–H groups in total. The smallest absolute Gasteiger partial charge is 0.444 e. The van der Waals surface area contributed by atoms with Crippen molar-refractivity contribution >= 4 is 0 Å². The van der Waals surface area contributed by atoms with Crippen LogP contribution in [-0.2, 0) is 22.4 Å². The predicted molar refractivity (Wildman–Crippen MR) is 22.4 cm³/mol. The average molecular weight is 312 g/mol. The number of hydrogen-bond donors (Lipinski definition) is 0. The summed E-state index contributed by atoms with van der Waals surface area (Å²) >= 11 is 0. The van der Waals surface area contributed by atoms with Crippen LogP contribution in [0.2, 0.25) is 0 Å². The zero-order chi connectivity index (χ0) is 6.24. The fraction of sp³-hybridized carbons (Fsp3) is 0. The van der Waals surface area contributed by atoms with Crippen molar-refractivity contribution in [2.24, 2.45) is 5.34 Å². The monoisotopic (exact) mass is 312 g/mol. The van der Waals surface area contributed by atoms with Crippen molar-refractivity contribution < 1.29 is 22.4 Å². The third kappa shape index (κ3) is 11.0. The van der Waals surface area contributed by atoms with Crippen LogP contribution in [0.3, 0.4) is 0 Å². The first kappa shape index (κ1) is 11.1. The number of nitrogens with zero attached hydrogens (tertiary/aromatic N) is 5. The SMILES string of the molecule is O=N[O-].[Au+].[cH-]1nnnn1. The summed E-state index contributed by atoms with van der Waals surface area (Å²) in [6, 6.07) is 0. The number of aromatic nitrogens is 4. The van der Waals surface area contributed by atoms with Crippen LogP contribution in [-0.4, -0.2) is 20.6 Å². The van der Waals surface area contributed by atoms with Gasteiger partial charge in [0.05, 0.1) is 0 Å². The normalized spacial score (nSPS) is 5.78. The molecule has 0 saturated carbocycles. The van der Waals surface area contributed by atoms with Crippen molar-refractivity contribution in [1.29, 1.82) is 0 Å². The van der Waals surface area contributed by atoms with Gasteiger partial charge in [-0.1, -0.05) is 10.4 Å². The molecular weight excluding hydrogens is 311 g/mol. The number of rotatable bonds is 0. The summed E-state index contributed by atoms with van der Waals surface area (Å²) in [5.41, 5.74) is 0. The van der Waals surface area contributed by atoms with E-state index in [1.807, 2.05) is 0 Å². The molecule has 0 amide bonds. The first-order valence-electron chi connectivity index (χ1n) is 1.48. The van der Waals surface area contributed by atoms with Crippen LogP contribution in [0.15, 0.2) is 11.7 Å². The van der Waals surface area contributed by atoms with Gasteiger partial charge in [-0.3, -0.25) is 0 Å². The van der Waals surface area contributed by atoms with Gasteiger partial charge in [-0.05, 0) is 0 Å². The molecule has 0 aliphatic carbocycles. The van der Waals surface area contributed by atoms with Gasteiger partial charge >= 0.3 is 22.4 Å². The third-order valence-electron chi connectivity index (χ3n) is 0.247. The van der Waals surface area contributed by atoms with Gasteiger partial charge in [-0.2, -0.15) is 0 Å². The summed E-state index contributed by atoms with van der Waals surface area (Å²) < 4.78 is 0. The second-order valence-electron chi connectivity index (χ2n) is 0.600. The number of tetrazole rings is 1. The molecule has 0 fully saturated rings. The molecule has 1 aromatic heterocycles. The van der Waals surface area contributed by atoms with Gasteiger partial charge in [0.25, 0.3) is 0 Å². The minimum Gasteiger partial charge on any atom is -0.444 e. The maximum Gasteiger partial charge on any atom is 1.00 e. The Bertz CT molecular complexity index is 101. The van der Waals surface area contributed by atoms with E-state index < -0.39 is 0 Å². The Labute approximate surface area is 65.3 Å². The minimum absolute atomic E-state index is 0. The van der Waals surface area contributed by atoms with Crippen molar-refractivity contribution in [3.05, 3.63) is 16.4 Å². The summed E-state index contributed by atoms with van der Waals surface area (Å²) in [6.07, 6.45) is 1.28. The molecule has 0 atom stereocenters. The molecule has 54 valence electrons. The molecular formula is CHAuN5O2-. The molecule has 0 aliphatic rings. The van der Waals surface area contributed by atoms with Crippen molar-refractivity contribution in [2.75, 3.05) is 0 Å². The van der Waals surface area contributed by atoms with Crippen molar-refractivity contribution in [1.82, 2.24) is 20.6 Å². The molecule has 1 aromatic rings. The molecule has 0 radical (unpaired) electrons. The minimum atomic E-state index is 0. The average Bonchev–Trinajstić information content (AvgIpc) is 2.17. The van der Waals surface area contributed by atoms with Crippen molar-refractivity contribution in [3.63, 3.8) is 0 Å². The summed E-state index contributed by atoms with van der Waals surface area (Å²) in [6.45, 7) is 0. The molecule has 1 heterocycles. The Morgan fingerprint density at radius 2 is 1.67 bits per heavy atom. The Balaban J connectivity index is 0. The van der Waals surface area contributed by atoms with E-state index in [0.717, 1.165) is 5.34 Å². The molecule has 0 aromatic carbocycles. The molecule has 0 spiro atoms. The fourth-order valence-electron chi connectivity index (χ4n) is 0.115. The van der Waals surface area contributed by atoms with Crippen LogP contribution in [0.25, 0.3) is 0 Å². The van der Waals surface area contributed by atoms with Gasteiger partial charge in [0.2, 0.25) is 0 Å². The van der Waals surface area contributed by atoms with Crippen molar-refractivity contribution in [2.45, 2.75) is 0 Å². The summed E-state index contributed by atoms with van der Waals surface area (Å²) in [4.78, 5) is 8.00. The largest absolute Gasteiger partial charge is 1.00 e. The van der Waals surface area contributed by atoms with Crippen LogP contribution in [0, 0.1) is 10.1 Å². The first-order valence-corrected chi connectivity index (χ1v) is 1.48. The maximum absolute atomic E-state index is 8.00. The summed E-state index contributed by atoms with van der Waals surface area (Å²) in [7, 11) is 0. The van der Waals surface area contributed by atoms with E-state index in [2.05, 4.69) is 20.6 Å². The number of hydrogen-bond acceptors (Lipinski definition) is 7. The molecule has 0 bridgehead atoms. The zero-order valence-corrected chi connectivity index (χ0v) is 6.10. The fourth-order valence-corrected chi connectivity index (χ4v) is 0.115. The van der Waals surface area contributed by atoms with E-state index in [1.54, 1.807) is 0 Å². The second kappa shape index (κ2) is 10.2. The third-order valence-corrected chi connectivity index (χ3v) is 0.247. The zero-order valence-electron chi connectivity index (χ0n) is 3.93. The predicted octanol–water partition coefficient (Wildman–Crippen LogP) is -0.766. The van der Waals surface area contributed by atoms with Gasteiger partial charge in [0, 0.05) is 0 Å². The topological polar surface area (TPSA) is 104 Å².